The maximum atomic E-state index is 12.0. The Morgan fingerprint density at radius 2 is 2.14 bits per heavy atom. The van der Waals surface area contributed by atoms with E-state index in [1.807, 2.05) is 13.0 Å². The zero-order valence-electron chi connectivity index (χ0n) is 12.0. The molecule has 5 heteroatoms. The van der Waals surface area contributed by atoms with Gasteiger partial charge in [0.15, 0.2) is 0 Å². The summed E-state index contributed by atoms with van der Waals surface area (Å²) < 4.78 is 6.79. The molecule has 0 amide bonds. The molecule has 0 aliphatic heterocycles. The van der Waals surface area contributed by atoms with Gasteiger partial charge in [0.05, 0.1) is 11.6 Å². The van der Waals surface area contributed by atoms with Crippen LogP contribution in [-0.2, 0) is 16.1 Å². The monoisotopic (exact) mass is 286 g/mol. The molecule has 0 saturated heterocycles. The zero-order valence-corrected chi connectivity index (χ0v) is 12.0. The van der Waals surface area contributed by atoms with Crippen LogP contribution in [0, 0.1) is 12.8 Å². The number of nitrogens with zero attached hydrogens (tertiary/aromatic N) is 2. The Kier molecular flexibility index (Phi) is 3.73. The zero-order chi connectivity index (χ0) is 14.8. The molecule has 1 aliphatic carbocycles. The molecule has 3 rings (SSSR count). The van der Waals surface area contributed by atoms with Crippen LogP contribution in [0.15, 0.2) is 29.2 Å². The van der Waals surface area contributed by atoms with Crippen LogP contribution >= 0.6 is 0 Å². The minimum absolute atomic E-state index is 0.0224. The average molecular weight is 286 g/mol. The SMILES string of the molecule is Cc1ccc2nc(COC(=O)C3CCCC3)cc(=O)n2c1. The predicted molar refractivity (Wildman–Crippen MR) is 78.0 cm³/mol. The van der Waals surface area contributed by atoms with Gasteiger partial charge in [-0.15, -0.1) is 0 Å². The molecular formula is C16H18N2O3. The molecule has 0 radical (unpaired) electrons. The first-order valence-electron chi connectivity index (χ1n) is 7.29. The second kappa shape index (κ2) is 5.68. The predicted octanol–water partition coefficient (Wildman–Crippen LogP) is 2.24. The van der Waals surface area contributed by atoms with Crippen molar-refractivity contribution in [3.05, 3.63) is 46.0 Å². The number of carbonyl (C=O) groups is 1. The van der Waals surface area contributed by atoms with E-state index < -0.39 is 0 Å². The first-order valence-corrected chi connectivity index (χ1v) is 7.29. The molecule has 2 heterocycles. The second-order valence-electron chi connectivity index (χ2n) is 5.61. The van der Waals surface area contributed by atoms with E-state index in [-0.39, 0.29) is 24.1 Å². The molecule has 110 valence electrons. The lowest BCUT2D eigenvalue weighted by atomic mass is 10.1. The first-order chi connectivity index (χ1) is 10.1. The molecule has 0 unspecified atom stereocenters. The van der Waals surface area contributed by atoms with E-state index in [9.17, 15) is 9.59 Å². The Morgan fingerprint density at radius 3 is 2.90 bits per heavy atom. The third-order valence-corrected chi connectivity index (χ3v) is 3.91. The summed E-state index contributed by atoms with van der Waals surface area (Å²) in [5.74, 6) is -0.146. The molecule has 0 spiro atoms. The fourth-order valence-electron chi connectivity index (χ4n) is 2.76. The number of carbonyl (C=O) groups excluding carboxylic acids is 1. The van der Waals surface area contributed by atoms with Crippen LogP contribution in [0.2, 0.25) is 0 Å². The quantitative estimate of drug-likeness (QED) is 0.812. The summed E-state index contributed by atoms with van der Waals surface area (Å²) >= 11 is 0. The summed E-state index contributed by atoms with van der Waals surface area (Å²) in [7, 11) is 0. The standard InChI is InChI=1S/C16H18N2O3/c1-11-6-7-14-17-13(8-15(19)18(14)9-11)10-21-16(20)12-4-2-3-5-12/h6-9,12H,2-5,10H2,1H3. The lowest BCUT2D eigenvalue weighted by Crippen LogP contribution is -2.18. The van der Waals surface area contributed by atoms with Crippen molar-refractivity contribution in [2.24, 2.45) is 5.92 Å². The van der Waals surface area contributed by atoms with Gasteiger partial charge in [0.25, 0.3) is 5.56 Å². The van der Waals surface area contributed by atoms with E-state index >= 15 is 0 Å². The van der Waals surface area contributed by atoms with Crippen LogP contribution in [0.1, 0.15) is 36.9 Å². The summed E-state index contributed by atoms with van der Waals surface area (Å²) in [6, 6.07) is 5.11. The molecule has 5 nitrogen and oxygen atoms in total. The number of esters is 1. The fraction of sp³-hybridized carbons (Fsp3) is 0.438. The highest BCUT2D eigenvalue weighted by molar-refractivity contribution is 5.72. The molecule has 21 heavy (non-hydrogen) atoms. The van der Waals surface area contributed by atoms with Crippen molar-refractivity contribution in [1.29, 1.82) is 0 Å². The van der Waals surface area contributed by atoms with Gasteiger partial charge in [-0.05, 0) is 31.4 Å². The fourth-order valence-corrected chi connectivity index (χ4v) is 2.76. The normalized spacial score (nSPS) is 15.5. The van der Waals surface area contributed by atoms with Crippen LogP contribution in [0.25, 0.3) is 5.65 Å². The van der Waals surface area contributed by atoms with Gasteiger partial charge in [0, 0.05) is 12.3 Å². The molecular weight excluding hydrogens is 268 g/mol. The molecule has 1 aliphatic rings. The molecule has 0 N–H and O–H groups in total. The van der Waals surface area contributed by atoms with Crippen molar-refractivity contribution in [3.63, 3.8) is 0 Å². The van der Waals surface area contributed by atoms with E-state index in [2.05, 4.69) is 4.98 Å². The molecule has 2 aromatic heterocycles. The number of hydrogen-bond donors (Lipinski definition) is 0. The van der Waals surface area contributed by atoms with E-state index in [4.69, 9.17) is 4.74 Å². The Bertz CT molecular complexity index is 730. The minimum Gasteiger partial charge on any atom is -0.459 e. The van der Waals surface area contributed by atoms with Crippen LogP contribution in [-0.4, -0.2) is 15.4 Å². The van der Waals surface area contributed by atoms with Crippen LogP contribution in [0.4, 0.5) is 0 Å². The Labute approximate surface area is 122 Å². The van der Waals surface area contributed by atoms with Crippen molar-refractivity contribution in [1.82, 2.24) is 9.38 Å². The van der Waals surface area contributed by atoms with Gasteiger partial charge in [-0.3, -0.25) is 14.0 Å². The summed E-state index contributed by atoms with van der Waals surface area (Å²) in [4.78, 5) is 28.3. The van der Waals surface area contributed by atoms with Crippen LogP contribution < -0.4 is 5.56 Å². The summed E-state index contributed by atoms with van der Waals surface area (Å²) in [6.45, 7) is 1.98. The summed E-state index contributed by atoms with van der Waals surface area (Å²) in [5.41, 5.74) is 1.90. The van der Waals surface area contributed by atoms with E-state index in [0.29, 0.717) is 11.3 Å². The first kappa shape index (κ1) is 13.8. The molecule has 1 fully saturated rings. The van der Waals surface area contributed by atoms with Crippen LogP contribution in [0.5, 0.6) is 0 Å². The van der Waals surface area contributed by atoms with Crippen LogP contribution in [0.3, 0.4) is 0 Å². The van der Waals surface area contributed by atoms with Crippen molar-refractivity contribution in [2.45, 2.75) is 39.2 Å². The molecule has 1 saturated carbocycles. The second-order valence-corrected chi connectivity index (χ2v) is 5.61. The number of hydrogen-bond acceptors (Lipinski definition) is 4. The minimum atomic E-state index is -0.168. The van der Waals surface area contributed by atoms with Gasteiger partial charge < -0.3 is 4.74 Å². The average Bonchev–Trinajstić information content (AvgIpc) is 3.00. The molecule has 0 bridgehead atoms. The van der Waals surface area contributed by atoms with Gasteiger partial charge >= 0.3 is 5.97 Å². The summed E-state index contributed by atoms with van der Waals surface area (Å²) in [6.07, 6.45) is 5.75. The topological polar surface area (TPSA) is 60.7 Å². The molecule has 0 aromatic carbocycles. The number of rotatable bonds is 3. The van der Waals surface area contributed by atoms with E-state index in [1.54, 1.807) is 12.3 Å². The maximum absolute atomic E-state index is 12.0. The van der Waals surface area contributed by atoms with Crippen molar-refractivity contribution in [3.8, 4) is 0 Å². The van der Waals surface area contributed by atoms with Gasteiger partial charge in [-0.25, -0.2) is 4.98 Å². The van der Waals surface area contributed by atoms with Gasteiger partial charge in [-0.2, -0.15) is 0 Å². The third kappa shape index (κ3) is 2.96. The number of aromatic nitrogens is 2. The van der Waals surface area contributed by atoms with Gasteiger partial charge in [-0.1, -0.05) is 18.9 Å². The van der Waals surface area contributed by atoms with Crippen molar-refractivity contribution >= 4 is 11.6 Å². The molecule has 0 atom stereocenters. The number of pyridine rings is 1. The Balaban J connectivity index is 1.76. The Hall–Kier alpha value is -2.17. The number of ether oxygens (including phenoxy) is 1. The van der Waals surface area contributed by atoms with Crippen molar-refractivity contribution in [2.75, 3.05) is 0 Å². The van der Waals surface area contributed by atoms with E-state index in [0.717, 1.165) is 31.2 Å². The third-order valence-electron chi connectivity index (χ3n) is 3.91. The highest BCUT2D eigenvalue weighted by Crippen LogP contribution is 2.25. The van der Waals surface area contributed by atoms with Gasteiger partial charge in [0.2, 0.25) is 0 Å². The smallest absolute Gasteiger partial charge is 0.309 e. The highest BCUT2D eigenvalue weighted by atomic mass is 16.5. The maximum Gasteiger partial charge on any atom is 0.309 e. The number of fused-ring (bicyclic) bond motifs is 1. The lowest BCUT2D eigenvalue weighted by Gasteiger charge is -2.09. The lowest BCUT2D eigenvalue weighted by molar-refractivity contribution is -0.149. The number of aryl methyl sites for hydroxylation is 1. The molecule has 2 aromatic rings. The van der Waals surface area contributed by atoms with E-state index in [1.165, 1.54) is 10.5 Å². The summed E-state index contributed by atoms with van der Waals surface area (Å²) in [5, 5.41) is 0. The highest BCUT2D eigenvalue weighted by Gasteiger charge is 2.24. The Morgan fingerprint density at radius 1 is 1.38 bits per heavy atom. The van der Waals surface area contributed by atoms with Gasteiger partial charge in [0.1, 0.15) is 12.3 Å². The van der Waals surface area contributed by atoms with Crippen molar-refractivity contribution < 1.29 is 9.53 Å². The largest absolute Gasteiger partial charge is 0.459 e.